The van der Waals surface area contributed by atoms with Crippen molar-refractivity contribution < 1.29 is 34.1 Å². The Morgan fingerprint density at radius 2 is 2.03 bits per heavy atom. The van der Waals surface area contributed by atoms with E-state index in [0.717, 1.165) is 56.1 Å². The Bertz CT molecular complexity index is 1110. The number of morpholine rings is 1. The van der Waals surface area contributed by atoms with Crippen LogP contribution >= 0.6 is 0 Å². The maximum absolute atomic E-state index is 13.2. The second kappa shape index (κ2) is 11.7. The van der Waals surface area contributed by atoms with Gasteiger partial charge in [-0.25, -0.2) is 4.98 Å². The predicted octanol–water partition coefficient (Wildman–Crippen LogP) is 1.57. The number of Topliss-reactive ketones (excluding diaryl/α,β-unsaturated/α-hetero) is 1. The summed E-state index contributed by atoms with van der Waals surface area (Å²) < 4.78 is 11.3. The number of nitrogens with zero attached hydrogens (tertiary/aromatic N) is 1. The van der Waals surface area contributed by atoms with E-state index in [-0.39, 0.29) is 11.3 Å². The molecule has 8 nitrogen and oxygen atoms in total. The molecule has 2 saturated heterocycles. The van der Waals surface area contributed by atoms with E-state index in [9.17, 15) is 14.7 Å². The summed E-state index contributed by atoms with van der Waals surface area (Å²) in [5, 5.41) is 11.3. The van der Waals surface area contributed by atoms with E-state index in [4.69, 9.17) is 9.47 Å². The Balaban J connectivity index is 1.63. The zero-order chi connectivity index (χ0) is 25.7. The van der Waals surface area contributed by atoms with Gasteiger partial charge >= 0.3 is 0 Å². The molecule has 8 heteroatoms. The molecular formula is C28H37N3O5+2. The summed E-state index contributed by atoms with van der Waals surface area (Å²) in [5.74, 6) is -0.266. The van der Waals surface area contributed by atoms with Crippen molar-refractivity contribution in [3.8, 4) is 5.75 Å². The fraction of sp³-hybridized carbons (Fsp3) is 0.464. The molecule has 2 aliphatic rings. The first kappa shape index (κ1) is 25.9. The number of nitrogens with one attached hydrogen (secondary N) is 2. The van der Waals surface area contributed by atoms with Gasteiger partial charge in [0.25, 0.3) is 11.7 Å². The number of ether oxygens (including phenoxy) is 2. The molecule has 0 bridgehead atoms. The van der Waals surface area contributed by atoms with Gasteiger partial charge in [-0.15, -0.1) is 0 Å². The van der Waals surface area contributed by atoms with Crippen molar-refractivity contribution in [3.63, 3.8) is 0 Å². The number of hydrogen-bond donors (Lipinski definition) is 2. The SMILES string of the molecule is Cc1cc(C(O)=C2C(=O)C(=O)N(CCC[NH+]3CCOCC3)C2c2ccc[nH+]c2)ccc1OCC(C)C. The highest BCUT2D eigenvalue weighted by Gasteiger charge is 2.46. The van der Waals surface area contributed by atoms with Crippen LogP contribution in [0.4, 0.5) is 0 Å². The van der Waals surface area contributed by atoms with Crippen molar-refractivity contribution in [3.05, 3.63) is 65.0 Å². The van der Waals surface area contributed by atoms with Gasteiger partial charge in [0.1, 0.15) is 24.6 Å². The monoisotopic (exact) mass is 495 g/mol. The number of rotatable bonds is 9. The summed E-state index contributed by atoms with van der Waals surface area (Å²) in [4.78, 5) is 32.5. The highest BCUT2D eigenvalue weighted by Crippen LogP contribution is 2.39. The number of H-pyrrole nitrogens is 1. The van der Waals surface area contributed by atoms with Crippen LogP contribution in [0.25, 0.3) is 5.76 Å². The molecule has 1 atom stereocenters. The van der Waals surface area contributed by atoms with Crippen LogP contribution in [0.15, 0.2) is 48.3 Å². The molecule has 1 aromatic carbocycles. The largest absolute Gasteiger partial charge is 0.507 e. The average molecular weight is 496 g/mol. The molecule has 192 valence electrons. The molecule has 0 saturated carbocycles. The third-order valence-electron chi connectivity index (χ3n) is 6.74. The van der Waals surface area contributed by atoms with E-state index >= 15 is 0 Å². The lowest BCUT2D eigenvalue weighted by atomic mass is 9.95. The summed E-state index contributed by atoms with van der Waals surface area (Å²) in [7, 11) is 0. The van der Waals surface area contributed by atoms with E-state index in [1.165, 1.54) is 4.90 Å². The summed E-state index contributed by atoms with van der Waals surface area (Å²) in [6.45, 7) is 11.4. The number of benzene rings is 1. The lowest BCUT2D eigenvalue weighted by Crippen LogP contribution is -3.14. The number of aryl methyl sites for hydroxylation is 1. The number of aliphatic hydroxyl groups excluding tert-OH is 1. The number of quaternary nitrogens is 1. The van der Waals surface area contributed by atoms with Crippen LogP contribution in [0.3, 0.4) is 0 Å². The summed E-state index contributed by atoms with van der Waals surface area (Å²) >= 11 is 0. The number of carbonyl (C=O) groups is 2. The van der Waals surface area contributed by atoms with Crippen LogP contribution in [-0.2, 0) is 14.3 Å². The Morgan fingerprint density at radius 3 is 2.69 bits per heavy atom. The molecule has 2 aromatic rings. The average Bonchev–Trinajstić information content (AvgIpc) is 3.13. The minimum absolute atomic E-state index is 0.119. The van der Waals surface area contributed by atoms with E-state index in [0.29, 0.717) is 24.6 Å². The molecule has 3 N–H and O–H groups in total. The topological polar surface area (TPSA) is 94.7 Å². The second-order valence-electron chi connectivity index (χ2n) is 9.98. The fourth-order valence-corrected chi connectivity index (χ4v) is 4.81. The van der Waals surface area contributed by atoms with Crippen molar-refractivity contribution in [2.45, 2.75) is 33.2 Å². The third-order valence-corrected chi connectivity index (χ3v) is 6.74. The van der Waals surface area contributed by atoms with Crippen molar-refractivity contribution in [2.75, 3.05) is 46.0 Å². The Morgan fingerprint density at radius 1 is 1.25 bits per heavy atom. The molecule has 1 amide bonds. The number of hydrogen-bond acceptors (Lipinski definition) is 5. The highest BCUT2D eigenvalue weighted by atomic mass is 16.5. The highest BCUT2D eigenvalue weighted by molar-refractivity contribution is 6.46. The maximum atomic E-state index is 13.2. The van der Waals surface area contributed by atoms with E-state index in [2.05, 4.69) is 18.8 Å². The second-order valence-corrected chi connectivity index (χ2v) is 9.98. The Hall–Kier alpha value is -3.23. The van der Waals surface area contributed by atoms with Crippen molar-refractivity contribution in [1.82, 2.24) is 4.90 Å². The van der Waals surface area contributed by atoms with Gasteiger partial charge in [-0.2, -0.15) is 0 Å². The number of aromatic nitrogens is 1. The maximum Gasteiger partial charge on any atom is 0.295 e. The zero-order valence-electron chi connectivity index (χ0n) is 21.4. The molecular weight excluding hydrogens is 458 g/mol. The Labute approximate surface area is 212 Å². The lowest BCUT2D eigenvalue weighted by Gasteiger charge is -2.27. The summed E-state index contributed by atoms with van der Waals surface area (Å²) in [5.41, 5.74) is 2.22. The van der Waals surface area contributed by atoms with Gasteiger partial charge in [0.15, 0.2) is 12.4 Å². The number of aromatic amines is 1. The number of aliphatic hydroxyl groups is 1. The Kier molecular flexibility index (Phi) is 8.38. The molecule has 3 heterocycles. The van der Waals surface area contributed by atoms with Gasteiger partial charge in [0.05, 0.1) is 38.0 Å². The van der Waals surface area contributed by atoms with Gasteiger partial charge in [-0.05, 0) is 42.7 Å². The standard InChI is InChI=1S/C28H35N3O5/c1-19(2)18-36-23-8-7-21(16-20(23)3)26(32)24-25(22-6-4-9-29-17-22)31(28(34)27(24)33)11-5-10-30-12-14-35-15-13-30/h4,6-9,16-17,19,25,32H,5,10-15,18H2,1-3H3/p+2. The van der Waals surface area contributed by atoms with Crippen LogP contribution in [0.1, 0.15) is 43.0 Å². The number of pyridine rings is 1. The number of carbonyl (C=O) groups excluding carboxylic acids is 2. The molecule has 0 spiro atoms. The fourth-order valence-electron chi connectivity index (χ4n) is 4.81. The number of likely N-dealkylation sites (tertiary alicyclic amines) is 1. The van der Waals surface area contributed by atoms with Crippen LogP contribution in [0.5, 0.6) is 5.75 Å². The minimum atomic E-state index is -0.655. The van der Waals surface area contributed by atoms with Crippen molar-refractivity contribution >= 4 is 17.4 Å². The smallest absolute Gasteiger partial charge is 0.295 e. The van der Waals surface area contributed by atoms with Crippen LogP contribution < -0.4 is 14.6 Å². The van der Waals surface area contributed by atoms with Crippen molar-refractivity contribution in [1.29, 1.82) is 0 Å². The molecule has 1 aromatic heterocycles. The first-order valence-electron chi connectivity index (χ1n) is 12.8. The van der Waals surface area contributed by atoms with Gasteiger partial charge in [-0.1, -0.05) is 13.8 Å². The first-order valence-corrected chi connectivity index (χ1v) is 12.8. The number of ketones is 1. The van der Waals surface area contributed by atoms with Gasteiger partial charge in [0.2, 0.25) is 0 Å². The normalized spacial score (nSPS) is 20.3. The molecule has 2 fully saturated rings. The molecule has 0 radical (unpaired) electrons. The molecule has 2 aliphatic heterocycles. The summed E-state index contributed by atoms with van der Waals surface area (Å²) in [6, 6.07) is 8.39. The van der Waals surface area contributed by atoms with Gasteiger partial charge < -0.3 is 24.4 Å². The van der Waals surface area contributed by atoms with Crippen LogP contribution in [0.2, 0.25) is 0 Å². The summed E-state index contributed by atoms with van der Waals surface area (Å²) in [6.07, 6.45) is 4.31. The minimum Gasteiger partial charge on any atom is -0.507 e. The van der Waals surface area contributed by atoms with E-state index < -0.39 is 17.7 Å². The van der Waals surface area contributed by atoms with E-state index in [1.807, 2.05) is 19.1 Å². The molecule has 36 heavy (non-hydrogen) atoms. The van der Waals surface area contributed by atoms with Gasteiger partial charge in [-0.3, -0.25) is 9.59 Å². The zero-order valence-corrected chi connectivity index (χ0v) is 21.4. The molecule has 0 aliphatic carbocycles. The molecule has 4 rings (SSSR count). The predicted molar refractivity (Wildman–Crippen MR) is 135 cm³/mol. The lowest BCUT2D eigenvalue weighted by molar-refractivity contribution is -0.908. The quantitative estimate of drug-likeness (QED) is 0.313. The first-order chi connectivity index (χ1) is 17.4. The van der Waals surface area contributed by atoms with Crippen LogP contribution in [0, 0.1) is 12.8 Å². The van der Waals surface area contributed by atoms with Gasteiger partial charge in [0, 0.05) is 30.2 Å². The van der Waals surface area contributed by atoms with Crippen LogP contribution in [-0.4, -0.2) is 67.7 Å². The molecule has 1 unspecified atom stereocenters. The third kappa shape index (κ3) is 5.77. The van der Waals surface area contributed by atoms with Crippen molar-refractivity contribution in [2.24, 2.45) is 5.92 Å². The number of amides is 1. The van der Waals surface area contributed by atoms with E-state index in [1.54, 1.807) is 35.5 Å².